The zero-order valence-electron chi connectivity index (χ0n) is 10.3. The number of amides is 1. The molecule has 0 aliphatic carbocycles. The number of piperidine rings is 1. The normalized spacial score (nSPS) is 22.7. The van der Waals surface area contributed by atoms with E-state index in [0.717, 1.165) is 24.2 Å². The smallest absolute Gasteiger partial charge is 0.228 e. The maximum absolute atomic E-state index is 11.4. The molecule has 1 aromatic carbocycles. The summed E-state index contributed by atoms with van der Waals surface area (Å²) in [7, 11) is 0. The van der Waals surface area contributed by atoms with Crippen molar-refractivity contribution in [2.75, 3.05) is 11.9 Å². The van der Waals surface area contributed by atoms with Crippen molar-refractivity contribution in [3.05, 3.63) is 28.3 Å². The second kappa shape index (κ2) is 4.90. The van der Waals surface area contributed by atoms with Crippen LogP contribution in [0.2, 0.25) is 5.02 Å². The van der Waals surface area contributed by atoms with Crippen molar-refractivity contribution in [2.24, 2.45) is 0 Å². The number of hydrogen-bond donors (Lipinski definition) is 2. The van der Waals surface area contributed by atoms with Gasteiger partial charge >= 0.3 is 0 Å². The van der Waals surface area contributed by atoms with Crippen LogP contribution in [0.3, 0.4) is 0 Å². The molecule has 1 atom stereocenters. The second-order valence-corrected chi connectivity index (χ2v) is 5.59. The third kappa shape index (κ3) is 2.38. The minimum absolute atomic E-state index is 0.0415. The predicted octanol–water partition coefficient (Wildman–Crippen LogP) is 2.52. The Hall–Kier alpha value is -1.06. The molecule has 3 rings (SSSR count). The molecule has 0 radical (unpaired) electrons. The van der Waals surface area contributed by atoms with Crippen LogP contribution in [0.5, 0.6) is 0 Å². The highest BCUT2D eigenvalue weighted by atomic mass is 35.5. The van der Waals surface area contributed by atoms with Crippen LogP contribution in [0.15, 0.2) is 12.1 Å². The monoisotopic (exact) mass is 264 g/mol. The Morgan fingerprint density at radius 3 is 3.00 bits per heavy atom. The van der Waals surface area contributed by atoms with Crippen LogP contribution in [0.4, 0.5) is 5.69 Å². The van der Waals surface area contributed by atoms with Gasteiger partial charge in [0.2, 0.25) is 5.91 Å². The van der Waals surface area contributed by atoms with Crippen LogP contribution >= 0.6 is 11.6 Å². The van der Waals surface area contributed by atoms with Crippen LogP contribution in [-0.2, 0) is 17.6 Å². The average Bonchev–Trinajstić information content (AvgIpc) is 2.72. The first-order valence-corrected chi connectivity index (χ1v) is 6.95. The summed E-state index contributed by atoms with van der Waals surface area (Å²) < 4.78 is 0. The number of benzene rings is 1. The van der Waals surface area contributed by atoms with E-state index in [9.17, 15) is 4.79 Å². The lowest BCUT2D eigenvalue weighted by atomic mass is 9.96. The predicted molar refractivity (Wildman–Crippen MR) is 73.1 cm³/mol. The number of fused-ring (bicyclic) bond motifs is 1. The van der Waals surface area contributed by atoms with Crippen molar-refractivity contribution in [1.29, 1.82) is 0 Å². The number of halogens is 1. The van der Waals surface area contributed by atoms with Crippen LogP contribution in [0.25, 0.3) is 0 Å². The number of nitrogens with one attached hydrogen (secondary N) is 2. The van der Waals surface area contributed by atoms with Crippen molar-refractivity contribution >= 4 is 23.2 Å². The van der Waals surface area contributed by atoms with Gasteiger partial charge in [-0.3, -0.25) is 4.79 Å². The van der Waals surface area contributed by atoms with E-state index in [1.165, 1.54) is 24.8 Å². The number of carbonyl (C=O) groups excluding carboxylic acids is 1. The van der Waals surface area contributed by atoms with Gasteiger partial charge in [-0.15, -0.1) is 0 Å². The number of carbonyl (C=O) groups is 1. The molecule has 0 saturated carbocycles. The molecule has 2 aliphatic rings. The lowest BCUT2D eigenvalue weighted by molar-refractivity contribution is -0.115. The fourth-order valence-electron chi connectivity index (χ4n) is 2.86. The van der Waals surface area contributed by atoms with Gasteiger partial charge in [0.05, 0.1) is 17.1 Å². The quantitative estimate of drug-likeness (QED) is 0.862. The first kappa shape index (κ1) is 12.0. The largest absolute Gasteiger partial charge is 0.324 e. The Morgan fingerprint density at radius 2 is 2.22 bits per heavy atom. The van der Waals surface area contributed by atoms with Crippen molar-refractivity contribution in [2.45, 2.75) is 38.1 Å². The second-order valence-electron chi connectivity index (χ2n) is 5.19. The zero-order chi connectivity index (χ0) is 12.5. The molecule has 1 unspecified atom stereocenters. The summed E-state index contributed by atoms with van der Waals surface area (Å²) in [5, 5.41) is 7.02. The molecule has 96 valence electrons. The Morgan fingerprint density at radius 1 is 1.33 bits per heavy atom. The Bertz CT molecular complexity index is 481. The lowest BCUT2D eigenvalue weighted by Gasteiger charge is -2.23. The molecule has 1 fully saturated rings. The van der Waals surface area contributed by atoms with Gasteiger partial charge in [-0.25, -0.2) is 0 Å². The summed E-state index contributed by atoms with van der Waals surface area (Å²) in [5.41, 5.74) is 3.08. The van der Waals surface area contributed by atoms with Crippen molar-refractivity contribution < 1.29 is 4.79 Å². The third-order valence-electron chi connectivity index (χ3n) is 3.74. The van der Waals surface area contributed by atoms with Gasteiger partial charge in [0.15, 0.2) is 0 Å². The molecule has 18 heavy (non-hydrogen) atoms. The van der Waals surface area contributed by atoms with Gasteiger partial charge in [-0.1, -0.05) is 24.1 Å². The maximum Gasteiger partial charge on any atom is 0.228 e. The molecule has 0 bridgehead atoms. The van der Waals surface area contributed by atoms with Gasteiger partial charge in [-0.2, -0.15) is 0 Å². The van der Waals surface area contributed by atoms with E-state index in [2.05, 4.69) is 16.7 Å². The fourth-order valence-corrected chi connectivity index (χ4v) is 3.17. The standard InChI is InChI=1S/C14H17ClN2O/c15-12-7-9(6-11-3-1-2-4-16-11)5-10-8-13(18)17-14(10)12/h5,7,11,16H,1-4,6,8H2,(H,17,18). The van der Waals surface area contributed by atoms with E-state index in [1.807, 2.05) is 6.07 Å². The van der Waals surface area contributed by atoms with E-state index in [4.69, 9.17) is 11.6 Å². The highest BCUT2D eigenvalue weighted by Crippen LogP contribution is 2.33. The molecule has 0 aromatic heterocycles. The van der Waals surface area contributed by atoms with Crippen molar-refractivity contribution in [1.82, 2.24) is 5.32 Å². The number of hydrogen-bond acceptors (Lipinski definition) is 2. The van der Waals surface area contributed by atoms with Gasteiger partial charge in [0.1, 0.15) is 0 Å². The molecule has 2 heterocycles. The summed E-state index contributed by atoms with van der Waals surface area (Å²) in [4.78, 5) is 11.4. The van der Waals surface area contributed by atoms with Gasteiger partial charge in [0, 0.05) is 6.04 Å². The fraction of sp³-hybridized carbons (Fsp3) is 0.500. The van der Waals surface area contributed by atoms with E-state index >= 15 is 0 Å². The van der Waals surface area contributed by atoms with Crippen molar-refractivity contribution in [3.8, 4) is 0 Å². The van der Waals surface area contributed by atoms with E-state index in [-0.39, 0.29) is 5.91 Å². The van der Waals surface area contributed by atoms with Gasteiger partial charge in [-0.05, 0) is 43.0 Å². The van der Waals surface area contributed by atoms with Crippen LogP contribution in [-0.4, -0.2) is 18.5 Å². The molecule has 1 saturated heterocycles. The third-order valence-corrected chi connectivity index (χ3v) is 4.04. The molecular weight excluding hydrogens is 248 g/mol. The minimum atomic E-state index is 0.0415. The number of anilines is 1. The topological polar surface area (TPSA) is 41.1 Å². The molecule has 2 N–H and O–H groups in total. The van der Waals surface area contributed by atoms with Crippen LogP contribution in [0, 0.1) is 0 Å². The van der Waals surface area contributed by atoms with E-state index in [0.29, 0.717) is 17.5 Å². The molecule has 1 aromatic rings. The Kier molecular flexibility index (Phi) is 3.27. The molecule has 2 aliphatic heterocycles. The molecule has 1 amide bonds. The first-order valence-electron chi connectivity index (χ1n) is 6.57. The molecule has 3 nitrogen and oxygen atoms in total. The highest BCUT2D eigenvalue weighted by molar-refractivity contribution is 6.34. The summed E-state index contributed by atoms with van der Waals surface area (Å²) in [5.74, 6) is 0.0415. The summed E-state index contributed by atoms with van der Waals surface area (Å²) in [6.07, 6.45) is 5.27. The lowest BCUT2D eigenvalue weighted by Crippen LogP contribution is -2.35. The highest BCUT2D eigenvalue weighted by Gasteiger charge is 2.22. The summed E-state index contributed by atoms with van der Waals surface area (Å²) >= 11 is 6.22. The average molecular weight is 265 g/mol. The summed E-state index contributed by atoms with van der Waals surface area (Å²) in [6.45, 7) is 1.11. The first-order chi connectivity index (χ1) is 8.72. The molecule has 4 heteroatoms. The Labute approximate surface area is 112 Å². The minimum Gasteiger partial charge on any atom is -0.324 e. The molecule has 0 spiro atoms. The van der Waals surface area contributed by atoms with E-state index in [1.54, 1.807) is 0 Å². The van der Waals surface area contributed by atoms with Crippen LogP contribution in [0.1, 0.15) is 30.4 Å². The molecular formula is C14H17ClN2O. The van der Waals surface area contributed by atoms with Gasteiger partial charge in [0.25, 0.3) is 0 Å². The number of rotatable bonds is 2. The van der Waals surface area contributed by atoms with E-state index < -0.39 is 0 Å². The zero-order valence-corrected chi connectivity index (χ0v) is 11.0. The maximum atomic E-state index is 11.4. The van der Waals surface area contributed by atoms with Crippen molar-refractivity contribution in [3.63, 3.8) is 0 Å². The van der Waals surface area contributed by atoms with Crippen LogP contribution < -0.4 is 10.6 Å². The summed E-state index contributed by atoms with van der Waals surface area (Å²) in [6, 6.07) is 4.66. The van der Waals surface area contributed by atoms with Gasteiger partial charge < -0.3 is 10.6 Å². The Balaban J connectivity index is 1.79. The SMILES string of the molecule is O=C1Cc2cc(CC3CCCCN3)cc(Cl)c2N1.